The number of carboxylic acids is 2. The molecule has 0 unspecified atom stereocenters. The molecule has 0 aromatic rings. The van der Waals surface area contributed by atoms with Crippen LogP contribution in [0.3, 0.4) is 0 Å². The Balaban J connectivity index is 4.22. The maximum absolute atomic E-state index is 10.5. The first-order valence-electron chi connectivity index (χ1n) is 4.19. The van der Waals surface area contributed by atoms with Gasteiger partial charge in [-0.1, -0.05) is 13.3 Å². The van der Waals surface area contributed by atoms with Crippen molar-refractivity contribution >= 4 is 11.9 Å². The molecule has 0 aliphatic rings. The summed E-state index contributed by atoms with van der Waals surface area (Å²) in [4.78, 5) is 20.8. The van der Waals surface area contributed by atoms with E-state index in [2.05, 4.69) is 0 Å². The molecule has 13 heavy (non-hydrogen) atoms. The van der Waals surface area contributed by atoms with Crippen LogP contribution in [0.2, 0.25) is 0 Å². The van der Waals surface area contributed by atoms with E-state index < -0.39 is 23.9 Å². The highest BCUT2D eigenvalue weighted by molar-refractivity contribution is 5.75. The molecule has 0 saturated carbocycles. The summed E-state index contributed by atoms with van der Waals surface area (Å²) in [6, 6.07) is -1.07. The van der Waals surface area contributed by atoms with Crippen LogP contribution in [0.4, 0.5) is 0 Å². The van der Waals surface area contributed by atoms with Crippen molar-refractivity contribution in [2.24, 2.45) is 11.7 Å². The first kappa shape index (κ1) is 11.9. The van der Waals surface area contributed by atoms with Crippen LogP contribution >= 0.6 is 0 Å². The molecule has 0 amide bonds. The summed E-state index contributed by atoms with van der Waals surface area (Å²) in [6.07, 6.45) is 1.08. The largest absolute Gasteiger partial charge is 0.481 e. The molecule has 0 aliphatic heterocycles. The van der Waals surface area contributed by atoms with E-state index in [-0.39, 0.29) is 6.42 Å². The first-order chi connectivity index (χ1) is 5.99. The highest BCUT2D eigenvalue weighted by Crippen LogP contribution is 2.14. The molecule has 4 N–H and O–H groups in total. The molecule has 0 fully saturated rings. The SMILES string of the molecule is CCC[C@H](CC(=O)O)[C@@H](N)C(=O)O. The lowest BCUT2D eigenvalue weighted by Crippen LogP contribution is -2.39. The van der Waals surface area contributed by atoms with Crippen LogP contribution in [0, 0.1) is 5.92 Å². The lowest BCUT2D eigenvalue weighted by molar-refractivity contribution is -0.142. The van der Waals surface area contributed by atoms with Crippen LogP contribution in [0.1, 0.15) is 26.2 Å². The van der Waals surface area contributed by atoms with Crippen molar-refractivity contribution < 1.29 is 19.8 Å². The molecule has 0 bridgehead atoms. The number of hydrogen-bond acceptors (Lipinski definition) is 3. The second-order valence-electron chi connectivity index (χ2n) is 3.01. The zero-order valence-corrected chi connectivity index (χ0v) is 7.56. The molecule has 5 heteroatoms. The second kappa shape index (κ2) is 5.53. The predicted octanol–water partition coefficient (Wildman–Crippen LogP) is 0.289. The van der Waals surface area contributed by atoms with E-state index in [4.69, 9.17) is 15.9 Å². The molecule has 0 saturated heterocycles. The molecule has 0 aromatic heterocycles. The smallest absolute Gasteiger partial charge is 0.320 e. The minimum atomic E-state index is -1.14. The molecule has 0 spiro atoms. The van der Waals surface area contributed by atoms with Gasteiger partial charge in [0, 0.05) is 0 Å². The minimum absolute atomic E-state index is 0.179. The summed E-state index contributed by atoms with van der Waals surface area (Å²) in [5, 5.41) is 17.1. The summed E-state index contributed by atoms with van der Waals surface area (Å²) >= 11 is 0. The number of carbonyl (C=O) groups is 2. The third kappa shape index (κ3) is 4.47. The van der Waals surface area contributed by atoms with Gasteiger partial charge in [0.1, 0.15) is 6.04 Å². The molecule has 76 valence electrons. The first-order valence-corrected chi connectivity index (χ1v) is 4.19. The van der Waals surface area contributed by atoms with Crippen molar-refractivity contribution in [3.05, 3.63) is 0 Å². The standard InChI is InChI=1S/C8H15NO4/c1-2-3-5(4-6(10)11)7(9)8(12)13/h5,7H,2-4,9H2,1H3,(H,10,11)(H,12,13)/t5-,7-/m1/s1. The van der Waals surface area contributed by atoms with E-state index in [0.717, 1.165) is 6.42 Å². The fraction of sp³-hybridized carbons (Fsp3) is 0.750. The van der Waals surface area contributed by atoms with E-state index in [1.165, 1.54) is 0 Å². The fourth-order valence-electron chi connectivity index (χ4n) is 1.21. The van der Waals surface area contributed by atoms with Gasteiger partial charge in [0.15, 0.2) is 0 Å². The van der Waals surface area contributed by atoms with Crippen molar-refractivity contribution in [2.45, 2.75) is 32.2 Å². The zero-order valence-electron chi connectivity index (χ0n) is 7.56. The number of nitrogens with two attached hydrogens (primary N) is 1. The molecule has 0 aliphatic carbocycles. The Labute approximate surface area is 76.5 Å². The van der Waals surface area contributed by atoms with Crippen molar-refractivity contribution in [1.82, 2.24) is 0 Å². The lowest BCUT2D eigenvalue weighted by atomic mass is 9.92. The zero-order chi connectivity index (χ0) is 10.4. The van der Waals surface area contributed by atoms with E-state index in [1.54, 1.807) is 0 Å². The van der Waals surface area contributed by atoms with Gasteiger partial charge in [0.05, 0.1) is 6.42 Å². The number of carboxylic acid groups (broad SMARTS) is 2. The molecule has 0 aromatic carbocycles. The van der Waals surface area contributed by atoms with Crippen molar-refractivity contribution in [2.75, 3.05) is 0 Å². The Bertz CT molecular complexity index is 193. The summed E-state index contributed by atoms with van der Waals surface area (Å²) in [7, 11) is 0. The van der Waals surface area contributed by atoms with Gasteiger partial charge in [-0.25, -0.2) is 0 Å². The Kier molecular flexibility index (Phi) is 5.06. The van der Waals surface area contributed by atoms with Gasteiger partial charge in [-0.3, -0.25) is 9.59 Å². The molecule has 2 atom stereocenters. The van der Waals surface area contributed by atoms with Crippen molar-refractivity contribution in [3.8, 4) is 0 Å². The van der Waals surface area contributed by atoms with E-state index in [0.29, 0.717) is 6.42 Å². The third-order valence-electron chi connectivity index (χ3n) is 1.89. The second-order valence-corrected chi connectivity index (χ2v) is 3.01. The quantitative estimate of drug-likeness (QED) is 0.557. The van der Waals surface area contributed by atoms with Crippen LogP contribution in [-0.4, -0.2) is 28.2 Å². The van der Waals surface area contributed by atoms with Crippen LogP contribution in [-0.2, 0) is 9.59 Å². The van der Waals surface area contributed by atoms with Crippen LogP contribution in [0.25, 0.3) is 0 Å². The number of aliphatic carboxylic acids is 2. The number of rotatable bonds is 6. The monoisotopic (exact) mass is 189 g/mol. The van der Waals surface area contributed by atoms with Gasteiger partial charge in [-0.05, 0) is 12.3 Å². The average Bonchev–Trinajstić information content (AvgIpc) is 2.01. The summed E-state index contributed by atoms with van der Waals surface area (Å²) in [6.45, 7) is 1.86. The molecular weight excluding hydrogens is 174 g/mol. The van der Waals surface area contributed by atoms with E-state index >= 15 is 0 Å². The molecule has 5 nitrogen and oxygen atoms in total. The van der Waals surface area contributed by atoms with Gasteiger partial charge >= 0.3 is 11.9 Å². The van der Waals surface area contributed by atoms with E-state index in [9.17, 15) is 9.59 Å². The summed E-state index contributed by atoms with van der Waals surface area (Å²) in [5.74, 6) is -2.62. The Morgan fingerprint density at radius 1 is 1.38 bits per heavy atom. The fourth-order valence-corrected chi connectivity index (χ4v) is 1.21. The van der Waals surface area contributed by atoms with Crippen molar-refractivity contribution in [1.29, 1.82) is 0 Å². The van der Waals surface area contributed by atoms with Crippen LogP contribution in [0.15, 0.2) is 0 Å². The van der Waals surface area contributed by atoms with Crippen LogP contribution in [0.5, 0.6) is 0 Å². The van der Waals surface area contributed by atoms with Gasteiger partial charge in [-0.15, -0.1) is 0 Å². The maximum atomic E-state index is 10.5. The highest BCUT2D eigenvalue weighted by atomic mass is 16.4. The van der Waals surface area contributed by atoms with Crippen molar-refractivity contribution in [3.63, 3.8) is 0 Å². The lowest BCUT2D eigenvalue weighted by Gasteiger charge is -2.17. The maximum Gasteiger partial charge on any atom is 0.320 e. The van der Waals surface area contributed by atoms with Gasteiger partial charge in [0.25, 0.3) is 0 Å². The Morgan fingerprint density at radius 3 is 2.23 bits per heavy atom. The average molecular weight is 189 g/mol. The summed E-state index contributed by atoms with van der Waals surface area (Å²) in [5.41, 5.74) is 5.33. The predicted molar refractivity (Wildman–Crippen MR) is 46.3 cm³/mol. The topological polar surface area (TPSA) is 101 Å². The number of hydrogen-bond donors (Lipinski definition) is 3. The molecule has 0 heterocycles. The molecule has 0 radical (unpaired) electrons. The molecular formula is C8H15NO4. The molecule has 0 rings (SSSR count). The van der Waals surface area contributed by atoms with Crippen LogP contribution < -0.4 is 5.73 Å². The highest BCUT2D eigenvalue weighted by Gasteiger charge is 2.25. The Morgan fingerprint density at radius 2 is 1.92 bits per heavy atom. The van der Waals surface area contributed by atoms with Gasteiger partial charge in [0.2, 0.25) is 0 Å². The minimum Gasteiger partial charge on any atom is -0.481 e. The van der Waals surface area contributed by atoms with Gasteiger partial charge < -0.3 is 15.9 Å². The normalized spacial score (nSPS) is 14.9. The Hall–Kier alpha value is -1.10. The van der Waals surface area contributed by atoms with Gasteiger partial charge in [-0.2, -0.15) is 0 Å². The van der Waals surface area contributed by atoms with E-state index in [1.807, 2.05) is 6.92 Å². The summed E-state index contributed by atoms with van der Waals surface area (Å²) < 4.78 is 0. The third-order valence-corrected chi connectivity index (χ3v) is 1.89.